The number of hydrogen-bond donors (Lipinski definition) is 1. The van der Waals surface area contributed by atoms with Gasteiger partial charge in [0.25, 0.3) is 0 Å². The van der Waals surface area contributed by atoms with Gasteiger partial charge in [-0.2, -0.15) is 0 Å². The SMILES string of the molecule is [CH2]c1ccccc1Nc1ccc(CCCCCl)cc1[CH2]. The highest BCUT2D eigenvalue weighted by Crippen LogP contribution is 2.24. The first-order valence-electron chi connectivity index (χ1n) is 6.89. The molecular weight excluding hydrogens is 266 g/mol. The van der Waals surface area contributed by atoms with Crippen molar-refractivity contribution >= 4 is 23.0 Å². The number of rotatable bonds is 6. The molecule has 0 spiro atoms. The largest absolute Gasteiger partial charge is 0.355 e. The summed E-state index contributed by atoms with van der Waals surface area (Å²) in [6.45, 7) is 8.14. The van der Waals surface area contributed by atoms with Crippen molar-refractivity contribution in [2.45, 2.75) is 19.3 Å². The topological polar surface area (TPSA) is 12.0 Å². The highest BCUT2D eigenvalue weighted by atomic mass is 35.5. The Morgan fingerprint density at radius 3 is 2.35 bits per heavy atom. The number of anilines is 2. The van der Waals surface area contributed by atoms with Crippen LogP contribution in [0.4, 0.5) is 11.4 Å². The molecule has 0 aliphatic heterocycles. The fraction of sp³-hybridized carbons (Fsp3) is 0.222. The normalized spacial score (nSPS) is 10.6. The molecule has 1 N–H and O–H groups in total. The molecule has 0 saturated heterocycles. The van der Waals surface area contributed by atoms with Crippen LogP contribution in [-0.4, -0.2) is 5.88 Å². The molecule has 0 atom stereocenters. The number of unbranched alkanes of at least 4 members (excludes halogenated alkanes) is 1. The van der Waals surface area contributed by atoms with Crippen LogP contribution >= 0.6 is 11.6 Å². The van der Waals surface area contributed by atoms with Crippen LogP contribution < -0.4 is 5.32 Å². The summed E-state index contributed by atoms with van der Waals surface area (Å²) in [6.07, 6.45) is 3.24. The zero-order valence-electron chi connectivity index (χ0n) is 11.7. The summed E-state index contributed by atoms with van der Waals surface area (Å²) in [5.74, 6) is 0.733. The average Bonchev–Trinajstić information content (AvgIpc) is 2.44. The molecule has 2 aromatic carbocycles. The second-order valence-corrected chi connectivity index (χ2v) is 5.30. The van der Waals surface area contributed by atoms with Crippen molar-refractivity contribution in [2.24, 2.45) is 0 Å². The predicted molar refractivity (Wildman–Crippen MR) is 88.7 cm³/mol. The molecule has 2 aromatic rings. The van der Waals surface area contributed by atoms with E-state index in [9.17, 15) is 0 Å². The van der Waals surface area contributed by atoms with Gasteiger partial charge in [-0.05, 0) is 61.9 Å². The molecular formula is C18H20ClN. The summed E-state index contributed by atoms with van der Waals surface area (Å²) in [5, 5.41) is 3.39. The molecule has 0 aliphatic carbocycles. The van der Waals surface area contributed by atoms with Crippen molar-refractivity contribution in [2.75, 3.05) is 11.2 Å². The number of aryl methyl sites for hydroxylation is 1. The molecule has 0 fully saturated rings. The van der Waals surface area contributed by atoms with Crippen LogP contribution in [-0.2, 0) is 6.42 Å². The maximum Gasteiger partial charge on any atom is 0.0417 e. The van der Waals surface area contributed by atoms with Crippen LogP contribution in [0.5, 0.6) is 0 Å². The summed E-state index contributed by atoms with van der Waals surface area (Å²) in [4.78, 5) is 0. The second-order valence-electron chi connectivity index (χ2n) is 4.92. The van der Waals surface area contributed by atoms with E-state index in [0.717, 1.165) is 47.6 Å². The van der Waals surface area contributed by atoms with Crippen molar-refractivity contribution in [3.63, 3.8) is 0 Å². The third-order valence-electron chi connectivity index (χ3n) is 3.31. The zero-order chi connectivity index (χ0) is 14.4. The van der Waals surface area contributed by atoms with Crippen LogP contribution in [0.2, 0.25) is 0 Å². The lowest BCUT2D eigenvalue weighted by molar-refractivity contribution is 0.799. The molecule has 2 heteroatoms. The average molecular weight is 286 g/mol. The molecule has 0 unspecified atom stereocenters. The van der Waals surface area contributed by atoms with Crippen molar-refractivity contribution in [1.29, 1.82) is 0 Å². The van der Waals surface area contributed by atoms with E-state index in [0.29, 0.717) is 0 Å². The predicted octanol–water partition coefficient (Wildman–Crippen LogP) is 5.36. The third kappa shape index (κ3) is 4.01. The summed E-state index contributed by atoms with van der Waals surface area (Å²) >= 11 is 5.70. The van der Waals surface area contributed by atoms with Gasteiger partial charge in [-0.1, -0.05) is 30.3 Å². The van der Waals surface area contributed by atoms with Crippen molar-refractivity contribution in [3.8, 4) is 0 Å². The quantitative estimate of drug-likeness (QED) is 0.557. The monoisotopic (exact) mass is 285 g/mol. The third-order valence-corrected chi connectivity index (χ3v) is 3.57. The molecule has 0 bridgehead atoms. The van der Waals surface area contributed by atoms with Gasteiger partial charge in [0.05, 0.1) is 0 Å². The maximum atomic E-state index is 5.70. The fourth-order valence-electron chi connectivity index (χ4n) is 2.14. The van der Waals surface area contributed by atoms with Gasteiger partial charge in [-0.3, -0.25) is 0 Å². The Balaban J connectivity index is 2.08. The van der Waals surface area contributed by atoms with E-state index in [2.05, 4.69) is 37.4 Å². The first-order chi connectivity index (χ1) is 9.70. The standard InChI is InChI=1S/C18H20ClN/c1-14-7-3-4-9-17(14)20-18-11-10-16(13-15(18)2)8-5-6-12-19/h3-4,7,9-11,13,20H,1-2,5-6,8,12H2. The van der Waals surface area contributed by atoms with E-state index in [4.69, 9.17) is 11.6 Å². The minimum absolute atomic E-state index is 0.733. The van der Waals surface area contributed by atoms with E-state index < -0.39 is 0 Å². The lowest BCUT2D eigenvalue weighted by Crippen LogP contribution is -1.96. The summed E-state index contributed by atoms with van der Waals surface area (Å²) in [6, 6.07) is 14.4. The highest BCUT2D eigenvalue weighted by molar-refractivity contribution is 6.17. The van der Waals surface area contributed by atoms with E-state index in [1.165, 1.54) is 5.56 Å². The van der Waals surface area contributed by atoms with E-state index in [1.807, 2.05) is 24.3 Å². The van der Waals surface area contributed by atoms with E-state index in [1.54, 1.807) is 0 Å². The van der Waals surface area contributed by atoms with Gasteiger partial charge >= 0.3 is 0 Å². The van der Waals surface area contributed by atoms with Crippen LogP contribution in [0, 0.1) is 13.8 Å². The molecule has 2 rings (SSSR count). The molecule has 20 heavy (non-hydrogen) atoms. The van der Waals surface area contributed by atoms with Crippen LogP contribution in [0.15, 0.2) is 42.5 Å². The van der Waals surface area contributed by atoms with Gasteiger partial charge in [-0.15, -0.1) is 11.6 Å². The smallest absolute Gasteiger partial charge is 0.0417 e. The first kappa shape index (κ1) is 14.9. The van der Waals surface area contributed by atoms with Gasteiger partial charge in [-0.25, -0.2) is 0 Å². The summed E-state index contributed by atoms with van der Waals surface area (Å²) in [7, 11) is 0. The highest BCUT2D eigenvalue weighted by Gasteiger charge is 2.03. The molecule has 104 valence electrons. The Morgan fingerprint density at radius 2 is 1.65 bits per heavy atom. The van der Waals surface area contributed by atoms with E-state index in [-0.39, 0.29) is 0 Å². The molecule has 0 aromatic heterocycles. The lowest BCUT2D eigenvalue weighted by Gasteiger charge is -2.13. The fourth-order valence-corrected chi connectivity index (χ4v) is 2.32. The number of nitrogens with one attached hydrogen (secondary N) is 1. The maximum absolute atomic E-state index is 5.70. The number of halogens is 1. The Kier molecular flexibility index (Phi) is 5.49. The Bertz CT molecular complexity index is 563. The molecule has 1 nitrogen and oxygen atoms in total. The zero-order valence-corrected chi connectivity index (χ0v) is 12.4. The van der Waals surface area contributed by atoms with E-state index >= 15 is 0 Å². The lowest BCUT2D eigenvalue weighted by atomic mass is 10.0. The second kappa shape index (κ2) is 7.35. The summed E-state index contributed by atoms with van der Waals surface area (Å²) in [5.41, 5.74) is 5.36. The number of hydrogen-bond acceptors (Lipinski definition) is 1. The van der Waals surface area contributed by atoms with Crippen molar-refractivity contribution < 1.29 is 0 Å². The molecule has 2 radical (unpaired) electrons. The number of para-hydroxylation sites is 1. The number of benzene rings is 2. The Morgan fingerprint density at radius 1 is 0.900 bits per heavy atom. The van der Waals surface area contributed by atoms with Gasteiger partial charge in [0, 0.05) is 17.3 Å². The van der Waals surface area contributed by atoms with Gasteiger partial charge < -0.3 is 5.32 Å². The van der Waals surface area contributed by atoms with Gasteiger partial charge in [0.2, 0.25) is 0 Å². The van der Waals surface area contributed by atoms with Crippen LogP contribution in [0.25, 0.3) is 0 Å². The molecule has 0 heterocycles. The minimum atomic E-state index is 0.733. The van der Waals surface area contributed by atoms with Gasteiger partial charge in [0.1, 0.15) is 0 Å². The van der Waals surface area contributed by atoms with Crippen molar-refractivity contribution in [3.05, 3.63) is 73.0 Å². The number of alkyl halides is 1. The first-order valence-corrected chi connectivity index (χ1v) is 7.43. The minimum Gasteiger partial charge on any atom is -0.355 e. The molecule has 0 amide bonds. The molecule has 0 aliphatic rings. The van der Waals surface area contributed by atoms with Crippen LogP contribution in [0.1, 0.15) is 29.5 Å². The Labute approximate surface area is 127 Å². The molecule has 0 saturated carbocycles. The van der Waals surface area contributed by atoms with Crippen LogP contribution in [0.3, 0.4) is 0 Å². The van der Waals surface area contributed by atoms with Gasteiger partial charge in [0.15, 0.2) is 0 Å². The summed E-state index contributed by atoms with van der Waals surface area (Å²) < 4.78 is 0. The Hall–Kier alpha value is -1.47. The van der Waals surface area contributed by atoms with Crippen molar-refractivity contribution in [1.82, 2.24) is 0 Å².